The summed E-state index contributed by atoms with van der Waals surface area (Å²) < 4.78 is 23.8. The van der Waals surface area contributed by atoms with Crippen LogP contribution in [0.1, 0.15) is 39.5 Å². The number of hydrogen-bond donors (Lipinski definition) is 0. The van der Waals surface area contributed by atoms with Crippen molar-refractivity contribution in [3.05, 3.63) is 30.3 Å². The van der Waals surface area contributed by atoms with E-state index in [0.717, 1.165) is 25.7 Å². The van der Waals surface area contributed by atoms with Crippen molar-refractivity contribution < 1.29 is 13.6 Å². The SMILES string of the molecule is CCCCOP(=O)(OCCCC)c1cc[c]cc1. The van der Waals surface area contributed by atoms with Crippen LogP contribution in [0.5, 0.6) is 0 Å². The standard InChI is InChI=1S/C14H22O3P/c1-3-5-12-16-18(15,17-13-6-4-2)14-10-8-7-9-11-14/h8-11H,3-6,12-13H2,1-2H3. The molecule has 0 amide bonds. The molecule has 101 valence electrons. The summed E-state index contributed by atoms with van der Waals surface area (Å²) in [6, 6.07) is 9.87. The van der Waals surface area contributed by atoms with Gasteiger partial charge in [0.2, 0.25) is 0 Å². The van der Waals surface area contributed by atoms with Gasteiger partial charge in [0.1, 0.15) is 0 Å². The molecule has 0 unspecified atom stereocenters. The lowest BCUT2D eigenvalue weighted by Gasteiger charge is -2.18. The summed E-state index contributed by atoms with van der Waals surface area (Å²) in [6.45, 7) is 5.09. The van der Waals surface area contributed by atoms with Crippen LogP contribution in [0, 0.1) is 6.07 Å². The van der Waals surface area contributed by atoms with Crippen molar-refractivity contribution in [2.24, 2.45) is 0 Å². The quantitative estimate of drug-likeness (QED) is 0.503. The van der Waals surface area contributed by atoms with Crippen LogP contribution in [-0.2, 0) is 13.6 Å². The number of hydrogen-bond acceptors (Lipinski definition) is 3. The second-order valence-electron chi connectivity index (χ2n) is 4.13. The second kappa shape index (κ2) is 8.47. The molecule has 0 atom stereocenters. The predicted octanol–water partition coefficient (Wildman–Crippen LogP) is 3.94. The van der Waals surface area contributed by atoms with Crippen molar-refractivity contribution in [1.29, 1.82) is 0 Å². The Labute approximate surface area is 110 Å². The highest BCUT2D eigenvalue weighted by Gasteiger charge is 2.26. The van der Waals surface area contributed by atoms with Gasteiger partial charge >= 0.3 is 7.60 Å². The van der Waals surface area contributed by atoms with Crippen molar-refractivity contribution >= 4 is 12.9 Å². The molecule has 0 aliphatic rings. The van der Waals surface area contributed by atoms with Crippen molar-refractivity contribution in [2.75, 3.05) is 13.2 Å². The molecule has 0 N–H and O–H groups in total. The van der Waals surface area contributed by atoms with Gasteiger partial charge in [0, 0.05) is 0 Å². The van der Waals surface area contributed by atoms with Gasteiger partial charge in [0.15, 0.2) is 0 Å². The fourth-order valence-corrected chi connectivity index (χ4v) is 3.03. The third kappa shape index (κ3) is 4.93. The largest absolute Gasteiger partial charge is 0.361 e. The van der Waals surface area contributed by atoms with Gasteiger partial charge in [-0.15, -0.1) is 0 Å². The van der Waals surface area contributed by atoms with E-state index in [1.54, 1.807) is 24.3 Å². The Hall–Kier alpha value is -0.630. The third-order valence-corrected chi connectivity index (χ3v) is 4.51. The molecule has 0 spiro atoms. The van der Waals surface area contributed by atoms with E-state index in [1.807, 2.05) is 0 Å². The molecule has 0 fully saturated rings. The minimum atomic E-state index is -3.15. The minimum Gasteiger partial charge on any atom is -0.305 e. The molecule has 0 saturated carbocycles. The summed E-state index contributed by atoms with van der Waals surface area (Å²) in [5.41, 5.74) is 0. The summed E-state index contributed by atoms with van der Waals surface area (Å²) in [7, 11) is -3.15. The van der Waals surface area contributed by atoms with E-state index in [1.165, 1.54) is 0 Å². The Bertz CT molecular complexity index is 351. The molecular weight excluding hydrogens is 247 g/mol. The highest BCUT2D eigenvalue weighted by molar-refractivity contribution is 7.62. The van der Waals surface area contributed by atoms with Gasteiger partial charge in [-0.3, -0.25) is 4.57 Å². The topological polar surface area (TPSA) is 35.5 Å². The highest BCUT2D eigenvalue weighted by atomic mass is 31.2. The molecule has 18 heavy (non-hydrogen) atoms. The predicted molar refractivity (Wildman–Crippen MR) is 74.2 cm³/mol. The van der Waals surface area contributed by atoms with Gasteiger partial charge < -0.3 is 9.05 Å². The fraction of sp³-hybridized carbons (Fsp3) is 0.571. The Balaban J connectivity index is 2.70. The molecule has 3 nitrogen and oxygen atoms in total. The lowest BCUT2D eigenvalue weighted by atomic mass is 10.4. The van der Waals surface area contributed by atoms with E-state index in [4.69, 9.17) is 9.05 Å². The molecule has 0 heterocycles. The minimum absolute atomic E-state index is 0.471. The van der Waals surface area contributed by atoms with Crippen LogP contribution in [0.3, 0.4) is 0 Å². The summed E-state index contributed by atoms with van der Waals surface area (Å²) in [5.74, 6) is 0. The van der Waals surface area contributed by atoms with Crippen molar-refractivity contribution in [3.8, 4) is 0 Å². The van der Waals surface area contributed by atoms with E-state index < -0.39 is 7.60 Å². The van der Waals surface area contributed by atoms with Gasteiger partial charge in [0.05, 0.1) is 18.5 Å². The first-order chi connectivity index (χ1) is 8.73. The van der Waals surface area contributed by atoms with Gasteiger partial charge in [-0.2, -0.15) is 0 Å². The number of rotatable bonds is 9. The van der Waals surface area contributed by atoms with Crippen LogP contribution >= 0.6 is 7.60 Å². The Morgan fingerprint density at radius 3 is 2.00 bits per heavy atom. The third-order valence-electron chi connectivity index (χ3n) is 2.54. The molecule has 1 aromatic carbocycles. The van der Waals surface area contributed by atoms with Crippen molar-refractivity contribution in [3.63, 3.8) is 0 Å². The van der Waals surface area contributed by atoms with Crippen molar-refractivity contribution in [1.82, 2.24) is 0 Å². The summed E-state index contributed by atoms with van der Waals surface area (Å²) in [6.07, 6.45) is 3.80. The Morgan fingerprint density at radius 2 is 1.56 bits per heavy atom. The average Bonchev–Trinajstić information content (AvgIpc) is 2.40. The molecule has 0 bridgehead atoms. The van der Waals surface area contributed by atoms with E-state index in [-0.39, 0.29) is 0 Å². The lowest BCUT2D eigenvalue weighted by molar-refractivity contribution is 0.208. The molecule has 4 heteroatoms. The normalized spacial score (nSPS) is 11.7. The molecule has 0 aliphatic heterocycles. The smallest absolute Gasteiger partial charge is 0.305 e. The van der Waals surface area contributed by atoms with Crippen molar-refractivity contribution in [2.45, 2.75) is 39.5 Å². The van der Waals surface area contributed by atoms with Gasteiger partial charge in [0.25, 0.3) is 0 Å². The molecule has 1 aromatic rings. The summed E-state index contributed by atoms with van der Waals surface area (Å²) in [5, 5.41) is 0.619. The zero-order chi connectivity index (χ0) is 13.3. The summed E-state index contributed by atoms with van der Waals surface area (Å²) in [4.78, 5) is 0. The zero-order valence-electron chi connectivity index (χ0n) is 11.2. The first-order valence-corrected chi connectivity index (χ1v) is 8.13. The molecule has 0 aromatic heterocycles. The molecule has 0 aliphatic carbocycles. The fourth-order valence-electron chi connectivity index (χ4n) is 1.41. The van der Waals surface area contributed by atoms with Gasteiger partial charge in [-0.1, -0.05) is 38.8 Å². The van der Waals surface area contributed by atoms with Gasteiger partial charge in [-0.25, -0.2) is 0 Å². The van der Waals surface area contributed by atoms with Crippen LogP contribution in [0.15, 0.2) is 24.3 Å². The maximum absolute atomic E-state index is 12.7. The van der Waals surface area contributed by atoms with Crippen LogP contribution < -0.4 is 5.30 Å². The van der Waals surface area contributed by atoms with Crippen LogP contribution in [-0.4, -0.2) is 13.2 Å². The van der Waals surface area contributed by atoms with Gasteiger partial charge in [-0.05, 0) is 31.0 Å². The van der Waals surface area contributed by atoms with E-state index in [9.17, 15) is 4.57 Å². The first-order valence-electron chi connectivity index (χ1n) is 6.58. The first kappa shape index (κ1) is 15.4. The van der Waals surface area contributed by atoms with Crippen LogP contribution in [0.25, 0.3) is 0 Å². The van der Waals surface area contributed by atoms with Crippen LogP contribution in [0.2, 0.25) is 0 Å². The highest BCUT2D eigenvalue weighted by Crippen LogP contribution is 2.47. The molecule has 0 saturated heterocycles. The number of benzene rings is 1. The monoisotopic (exact) mass is 269 g/mol. The van der Waals surface area contributed by atoms with E-state index in [2.05, 4.69) is 19.9 Å². The number of unbranched alkanes of at least 4 members (excludes halogenated alkanes) is 2. The Morgan fingerprint density at radius 1 is 1.06 bits per heavy atom. The second-order valence-corrected chi connectivity index (χ2v) is 6.16. The maximum atomic E-state index is 12.7. The summed E-state index contributed by atoms with van der Waals surface area (Å²) >= 11 is 0. The van der Waals surface area contributed by atoms with E-state index >= 15 is 0 Å². The average molecular weight is 269 g/mol. The Kier molecular flexibility index (Phi) is 7.26. The van der Waals surface area contributed by atoms with Crippen LogP contribution in [0.4, 0.5) is 0 Å². The van der Waals surface area contributed by atoms with E-state index in [0.29, 0.717) is 18.5 Å². The molecular formula is C14H22O3P. The zero-order valence-corrected chi connectivity index (χ0v) is 12.1. The molecule has 1 rings (SSSR count). The lowest BCUT2D eigenvalue weighted by Crippen LogP contribution is -2.11. The maximum Gasteiger partial charge on any atom is 0.361 e. The molecule has 1 radical (unpaired) electrons.